The molecule has 0 saturated carbocycles. The number of hydrogen-bond donors (Lipinski definition) is 0. The van der Waals surface area contributed by atoms with Crippen LogP contribution in [0.1, 0.15) is 18.2 Å². The van der Waals surface area contributed by atoms with Crippen LogP contribution in [0.25, 0.3) is 23.1 Å². The molecule has 0 aliphatic carbocycles. The van der Waals surface area contributed by atoms with E-state index in [1.54, 1.807) is 30.3 Å². The van der Waals surface area contributed by atoms with Gasteiger partial charge >= 0.3 is 0 Å². The lowest BCUT2D eigenvalue weighted by atomic mass is 10.1. The first-order valence-electron chi connectivity index (χ1n) is 8.67. The molecule has 0 bridgehead atoms. The number of aromatic nitrogens is 1. The number of hydrogen-bond acceptors (Lipinski definition) is 5. The summed E-state index contributed by atoms with van der Waals surface area (Å²) in [4.78, 5) is 15.2. The van der Waals surface area contributed by atoms with Crippen LogP contribution in [0.4, 0.5) is 5.69 Å². The number of nitro groups is 1. The van der Waals surface area contributed by atoms with Crippen LogP contribution in [0.3, 0.4) is 0 Å². The van der Waals surface area contributed by atoms with Crippen molar-refractivity contribution in [2.45, 2.75) is 6.92 Å². The zero-order valence-corrected chi connectivity index (χ0v) is 15.3. The minimum atomic E-state index is -0.404. The number of nitrogens with zero attached hydrogens (tertiary/aromatic N) is 2. The van der Waals surface area contributed by atoms with Crippen molar-refractivity contribution < 1.29 is 14.4 Å². The molecule has 0 fully saturated rings. The average Bonchev–Trinajstić information content (AvgIpc) is 2.71. The van der Waals surface area contributed by atoms with Gasteiger partial charge in [0.1, 0.15) is 6.61 Å². The predicted molar refractivity (Wildman–Crippen MR) is 109 cm³/mol. The molecule has 6 heteroatoms. The Morgan fingerprint density at radius 1 is 1.14 bits per heavy atom. The van der Waals surface area contributed by atoms with E-state index in [1.165, 1.54) is 6.07 Å². The molecule has 2 aromatic carbocycles. The van der Waals surface area contributed by atoms with E-state index in [-0.39, 0.29) is 12.3 Å². The summed E-state index contributed by atoms with van der Waals surface area (Å²) in [5.74, 6) is 3.63. The van der Waals surface area contributed by atoms with Crippen LogP contribution in [0.15, 0.2) is 48.5 Å². The molecule has 6 nitrogen and oxygen atoms in total. The van der Waals surface area contributed by atoms with Crippen molar-refractivity contribution in [3.05, 3.63) is 69.9 Å². The topological polar surface area (TPSA) is 74.5 Å². The zero-order valence-electron chi connectivity index (χ0n) is 15.3. The van der Waals surface area contributed by atoms with Gasteiger partial charge in [-0.05, 0) is 48.9 Å². The van der Waals surface area contributed by atoms with Crippen molar-refractivity contribution in [3.63, 3.8) is 0 Å². The Morgan fingerprint density at radius 2 is 2.00 bits per heavy atom. The summed E-state index contributed by atoms with van der Waals surface area (Å²) >= 11 is 0. The highest BCUT2D eigenvalue weighted by Gasteiger charge is 2.11. The molecule has 0 amide bonds. The maximum atomic E-state index is 11.1. The van der Waals surface area contributed by atoms with Gasteiger partial charge in [0.25, 0.3) is 5.69 Å². The highest BCUT2D eigenvalue weighted by molar-refractivity contribution is 5.89. The third-order valence-corrected chi connectivity index (χ3v) is 3.95. The average molecular weight is 374 g/mol. The Hall–Kier alpha value is -3.85. The second-order valence-corrected chi connectivity index (χ2v) is 5.80. The SMILES string of the molecule is C#CCOc1ccc(/C=C/c2ccc3c([N+](=O)[O-])cccc3n2)cc1OCC. The molecule has 0 aliphatic heterocycles. The fourth-order valence-corrected chi connectivity index (χ4v) is 2.72. The number of benzene rings is 2. The Balaban J connectivity index is 1.88. The van der Waals surface area contributed by atoms with Gasteiger partial charge in [-0.15, -0.1) is 6.42 Å². The van der Waals surface area contributed by atoms with Gasteiger partial charge in [-0.1, -0.05) is 24.1 Å². The van der Waals surface area contributed by atoms with E-state index in [4.69, 9.17) is 15.9 Å². The van der Waals surface area contributed by atoms with Crippen LogP contribution in [0.5, 0.6) is 11.5 Å². The molecule has 0 saturated heterocycles. The Labute approximate surface area is 162 Å². The van der Waals surface area contributed by atoms with Crippen LogP contribution in [-0.2, 0) is 0 Å². The monoisotopic (exact) mass is 374 g/mol. The fraction of sp³-hybridized carbons (Fsp3) is 0.136. The van der Waals surface area contributed by atoms with E-state index >= 15 is 0 Å². The van der Waals surface area contributed by atoms with Gasteiger partial charge in [-0.2, -0.15) is 0 Å². The standard InChI is InChI=1S/C22H18N2O4/c1-3-14-28-21-13-9-16(15-22(21)27-4-2)8-10-17-11-12-18-19(23-17)6-5-7-20(18)24(25)26/h1,5-13,15H,4,14H2,2H3/b10-8+. The highest BCUT2D eigenvalue weighted by atomic mass is 16.6. The number of rotatable bonds is 7. The summed E-state index contributed by atoms with van der Waals surface area (Å²) in [5, 5.41) is 11.6. The van der Waals surface area contributed by atoms with Crippen LogP contribution >= 0.6 is 0 Å². The van der Waals surface area contributed by atoms with Crippen molar-refractivity contribution in [1.82, 2.24) is 4.98 Å². The summed E-state index contributed by atoms with van der Waals surface area (Å²) in [6.07, 6.45) is 8.96. The largest absolute Gasteiger partial charge is 0.490 e. The van der Waals surface area contributed by atoms with Gasteiger partial charge < -0.3 is 9.47 Å². The zero-order chi connectivity index (χ0) is 19.9. The molecule has 3 rings (SSSR count). The molecule has 1 aromatic heterocycles. The Kier molecular flexibility index (Phi) is 5.87. The van der Waals surface area contributed by atoms with Gasteiger partial charge in [0, 0.05) is 6.07 Å². The Bertz CT molecular complexity index is 1080. The minimum Gasteiger partial charge on any atom is -0.490 e. The van der Waals surface area contributed by atoms with Crippen LogP contribution < -0.4 is 9.47 Å². The van der Waals surface area contributed by atoms with Crippen LogP contribution in [0, 0.1) is 22.5 Å². The first-order valence-corrected chi connectivity index (χ1v) is 8.67. The maximum Gasteiger partial charge on any atom is 0.278 e. The third-order valence-electron chi connectivity index (χ3n) is 3.95. The summed E-state index contributed by atoms with van der Waals surface area (Å²) in [6, 6.07) is 13.9. The molecule has 0 atom stereocenters. The molecule has 0 spiro atoms. The lowest BCUT2D eigenvalue weighted by molar-refractivity contribution is -0.383. The van der Waals surface area contributed by atoms with E-state index in [0.29, 0.717) is 34.7 Å². The van der Waals surface area contributed by atoms with E-state index in [0.717, 1.165) is 5.56 Å². The first-order chi connectivity index (χ1) is 13.6. The number of fused-ring (bicyclic) bond motifs is 1. The Morgan fingerprint density at radius 3 is 2.75 bits per heavy atom. The van der Waals surface area contributed by atoms with E-state index < -0.39 is 4.92 Å². The van der Waals surface area contributed by atoms with Gasteiger partial charge in [0.15, 0.2) is 11.5 Å². The van der Waals surface area contributed by atoms with Crippen molar-refractivity contribution in [2.24, 2.45) is 0 Å². The van der Waals surface area contributed by atoms with Gasteiger partial charge in [0.05, 0.1) is 28.1 Å². The molecule has 0 unspecified atom stereocenters. The van der Waals surface area contributed by atoms with Gasteiger partial charge in [0.2, 0.25) is 0 Å². The van der Waals surface area contributed by atoms with E-state index in [1.807, 2.05) is 31.2 Å². The third kappa shape index (κ3) is 4.27. The van der Waals surface area contributed by atoms with Gasteiger partial charge in [-0.3, -0.25) is 10.1 Å². The summed E-state index contributed by atoms with van der Waals surface area (Å²) in [7, 11) is 0. The molecular formula is C22H18N2O4. The molecule has 28 heavy (non-hydrogen) atoms. The molecule has 3 aromatic rings. The maximum absolute atomic E-state index is 11.1. The number of nitro benzene ring substituents is 1. The molecule has 0 aliphatic rings. The molecule has 1 heterocycles. The second-order valence-electron chi connectivity index (χ2n) is 5.80. The minimum absolute atomic E-state index is 0.0458. The normalized spacial score (nSPS) is 10.7. The molecule has 0 radical (unpaired) electrons. The lowest BCUT2D eigenvalue weighted by Gasteiger charge is -2.11. The van der Waals surface area contributed by atoms with Crippen LogP contribution in [-0.4, -0.2) is 23.1 Å². The second kappa shape index (κ2) is 8.69. The summed E-state index contributed by atoms with van der Waals surface area (Å²) < 4.78 is 11.1. The smallest absolute Gasteiger partial charge is 0.278 e. The predicted octanol–water partition coefficient (Wildman–Crippen LogP) is 4.72. The van der Waals surface area contributed by atoms with Crippen molar-refractivity contribution in [1.29, 1.82) is 0 Å². The molecule has 0 N–H and O–H groups in total. The van der Waals surface area contributed by atoms with Crippen molar-refractivity contribution in [3.8, 4) is 23.8 Å². The lowest BCUT2D eigenvalue weighted by Crippen LogP contribution is -1.99. The van der Waals surface area contributed by atoms with Crippen molar-refractivity contribution >= 4 is 28.7 Å². The number of non-ortho nitro benzene ring substituents is 1. The van der Waals surface area contributed by atoms with Crippen LogP contribution in [0.2, 0.25) is 0 Å². The van der Waals surface area contributed by atoms with Gasteiger partial charge in [-0.25, -0.2) is 4.98 Å². The van der Waals surface area contributed by atoms with E-state index in [2.05, 4.69) is 10.9 Å². The summed E-state index contributed by atoms with van der Waals surface area (Å²) in [5.41, 5.74) is 2.21. The number of terminal acetylenes is 1. The quantitative estimate of drug-likeness (QED) is 0.340. The number of pyridine rings is 1. The first kappa shape index (κ1) is 18.9. The number of ether oxygens (including phenoxy) is 2. The highest BCUT2D eigenvalue weighted by Crippen LogP contribution is 2.29. The van der Waals surface area contributed by atoms with E-state index in [9.17, 15) is 10.1 Å². The molecular weight excluding hydrogens is 356 g/mol. The van der Waals surface area contributed by atoms with Crippen molar-refractivity contribution in [2.75, 3.05) is 13.2 Å². The molecule has 140 valence electrons. The summed E-state index contributed by atoms with van der Waals surface area (Å²) in [6.45, 7) is 2.57. The fourth-order valence-electron chi connectivity index (χ4n) is 2.72.